The van der Waals surface area contributed by atoms with Crippen LogP contribution >= 0.6 is 0 Å². The van der Waals surface area contributed by atoms with Gasteiger partial charge in [-0.2, -0.15) is 0 Å². The highest BCUT2D eigenvalue weighted by molar-refractivity contribution is 5.25. The Bertz CT molecular complexity index is 442. The van der Waals surface area contributed by atoms with Crippen molar-refractivity contribution in [3.05, 3.63) is 54.0 Å². The van der Waals surface area contributed by atoms with E-state index in [0.29, 0.717) is 12.4 Å². The lowest BCUT2D eigenvalue weighted by atomic mass is 10.2. The molecule has 0 atom stereocenters. The van der Waals surface area contributed by atoms with Crippen LogP contribution in [0.2, 0.25) is 0 Å². The van der Waals surface area contributed by atoms with Crippen molar-refractivity contribution in [1.29, 1.82) is 0 Å². The Morgan fingerprint density at radius 2 is 1.88 bits per heavy atom. The first kappa shape index (κ1) is 10.6. The van der Waals surface area contributed by atoms with Crippen LogP contribution in [0.3, 0.4) is 0 Å². The molecular formula is C12H14N4. The van der Waals surface area contributed by atoms with Gasteiger partial charge in [-0.05, 0) is 11.6 Å². The lowest BCUT2D eigenvalue weighted by Gasteiger charge is -2.04. The molecule has 0 saturated heterocycles. The lowest BCUT2D eigenvalue weighted by Crippen LogP contribution is -2.15. The van der Waals surface area contributed by atoms with E-state index in [0.717, 1.165) is 12.4 Å². The molecule has 2 aromatic rings. The molecule has 1 heterocycles. The van der Waals surface area contributed by atoms with Crippen molar-refractivity contribution < 1.29 is 0 Å². The summed E-state index contributed by atoms with van der Waals surface area (Å²) in [5.41, 5.74) is 6.80. The Labute approximate surface area is 94.5 Å². The Morgan fingerprint density at radius 1 is 1.06 bits per heavy atom. The minimum Gasteiger partial charge on any atom is -0.384 e. The van der Waals surface area contributed by atoms with E-state index in [9.17, 15) is 0 Å². The second-order valence-electron chi connectivity index (χ2n) is 3.49. The SMILES string of the molecule is Nc1ccnc(CNCc2ccccc2)n1. The van der Waals surface area contributed by atoms with Gasteiger partial charge in [-0.3, -0.25) is 0 Å². The minimum atomic E-state index is 0.506. The number of hydrogen-bond donors (Lipinski definition) is 2. The van der Waals surface area contributed by atoms with Crippen LogP contribution in [0.5, 0.6) is 0 Å². The second kappa shape index (κ2) is 5.23. The number of anilines is 1. The number of nitrogen functional groups attached to an aromatic ring is 1. The maximum atomic E-state index is 5.56. The third-order valence-electron chi connectivity index (χ3n) is 2.18. The number of benzene rings is 1. The molecule has 0 aliphatic carbocycles. The summed E-state index contributed by atoms with van der Waals surface area (Å²) in [5.74, 6) is 1.22. The fourth-order valence-electron chi connectivity index (χ4n) is 1.41. The largest absolute Gasteiger partial charge is 0.384 e. The Balaban J connectivity index is 1.85. The number of nitrogens with zero attached hydrogens (tertiary/aromatic N) is 2. The molecule has 1 aromatic heterocycles. The van der Waals surface area contributed by atoms with E-state index in [2.05, 4.69) is 27.4 Å². The molecule has 0 saturated carbocycles. The fraction of sp³-hybridized carbons (Fsp3) is 0.167. The summed E-state index contributed by atoms with van der Waals surface area (Å²) >= 11 is 0. The monoisotopic (exact) mass is 214 g/mol. The molecule has 16 heavy (non-hydrogen) atoms. The number of hydrogen-bond acceptors (Lipinski definition) is 4. The summed E-state index contributed by atoms with van der Waals surface area (Å²) in [5, 5.41) is 3.26. The predicted octanol–water partition coefficient (Wildman–Crippen LogP) is 1.35. The average Bonchev–Trinajstić information content (AvgIpc) is 2.30. The molecular weight excluding hydrogens is 200 g/mol. The molecule has 0 bridgehead atoms. The van der Waals surface area contributed by atoms with Crippen molar-refractivity contribution in [2.24, 2.45) is 0 Å². The fourth-order valence-corrected chi connectivity index (χ4v) is 1.41. The number of nitrogens with two attached hydrogens (primary N) is 1. The Kier molecular flexibility index (Phi) is 3.46. The topological polar surface area (TPSA) is 63.8 Å². The Morgan fingerprint density at radius 3 is 2.62 bits per heavy atom. The van der Waals surface area contributed by atoms with Crippen LogP contribution in [0.4, 0.5) is 5.82 Å². The molecule has 1 aromatic carbocycles. The third kappa shape index (κ3) is 3.03. The standard InChI is InChI=1S/C12H14N4/c13-11-6-7-15-12(16-11)9-14-8-10-4-2-1-3-5-10/h1-7,14H,8-9H2,(H2,13,15,16). The van der Waals surface area contributed by atoms with Gasteiger partial charge < -0.3 is 11.1 Å². The van der Waals surface area contributed by atoms with Crippen molar-refractivity contribution in [2.75, 3.05) is 5.73 Å². The predicted molar refractivity (Wildman–Crippen MR) is 63.4 cm³/mol. The van der Waals surface area contributed by atoms with Crippen LogP contribution in [0.15, 0.2) is 42.6 Å². The minimum absolute atomic E-state index is 0.506. The van der Waals surface area contributed by atoms with Gasteiger partial charge in [-0.25, -0.2) is 9.97 Å². The van der Waals surface area contributed by atoms with E-state index < -0.39 is 0 Å². The third-order valence-corrected chi connectivity index (χ3v) is 2.18. The summed E-state index contributed by atoms with van der Waals surface area (Å²) < 4.78 is 0. The van der Waals surface area contributed by atoms with Gasteiger partial charge in [0.15, 0.2) is 0 Å². The molecule has 0 spiro atoms. The second-order valence-corrected chi connectivity index (χ2v) is 3.49. The molecule has 0 radical (unpaired) electrons. The highest BCUT2D eigenvalue weighted by Crippen LogP contribution is 1.99. The van der Waals surface area contributed by atoms with Gasteiger partial charge >= 0.3 is 0 Å². The summed E-state index contributed by atoms with van der Waals surface area (Å²) in [6.45, 7) is 1.43. The van der Waals surface area contributed by atoms with Crippen molar-refractivity contribution in [3.8, 4) is 0 Å². The van der Waals surface area contributed by atoms with E-state index in [-0.39, 0.29) is 0 Å². The van der Waals surface area contributed by atoms with Crippen LogP contribution in [0.1, 0.15) is 11.4 Å². The van der Waals surface area contributed by atoms with Crippen LogP contribution in [0, 0.1) is 0 Å². The van der Waals surface area contributed by atoms with E-state index in [1.807, 2.05) is 18.2 Å². The molecule has 0 fully saturated rings. The maximum Gasteiger partial charge on any atom is 0.144 e. The highest BCUT2D eigenvalue weighted by Gasteiger charge is 1.96. The smallest absolute Gasteiger partial charge is 0.144 e. The van der Waals surface area contributed by atoms with Gasteiger partial charge in [0, 0.05) is 12.7 Å². The molecule has 4 heteroatoms. The van der Waals surface area contributed by atoms with Crippen LogP contribution in [-0.4, -0.2) is 9.97 Å². The lowest BCUT2D eigenvalue weighted by molar-refractivity contribution is 0.663. The van der Waals surface area contributed by atoms with Gasteiger partial charge in [0.1, 0.15) is 11.6 Å². The average molecular weight is 214 g/mol. The van der Waals surface area contributed by atoms with E-state index >= 15 is 0 Å². The van der Waals surface area contributed by atoms with E-state index in [4.69, 9.17) is 5.73 Å². The van der Waals surface area contributed by atoms with Crippen molar-refractivity contribution >= 4 is 5.82 Å². The van der Waals surface area contributed by atoms with Crippen LogP contribution in [0.25, 0.3) is 0 Å². The molecule has 0 aliphatic rings. The van der Waals surface area contributed by atoms with Gasteiger partial charge in [-0.1, -0.05) is 30.3 Å². The summed E-state index contributed by atoms with van der Waals surface area (Å²) in [4.78, 5) is 8.23. The molecule has 0 unspecified atom stereocenters. The van der Waals surface area contributed by atoms with E-state index in [1.54, 1.807) is 12.3 Å². The highest BCUT2D eigenvalue weighted by atomic mass is 15.0. The molecule has 0 amide bonds. The maximum absolute atomic E-state index is 5.56. The summed E-state index contributed by atoms with van der Waals surface area (Å²) in [6.07, 6.45) is 1.67. The molecule has 2 rings (SSSR count). The first-order chi connectivity index (χ1) is 7.84. The first-order valence-corrected chi connectivity index (χ1v) is 5.16. The zero-order valence-electron chi connectivity index (χ0n) is 8.93. The zero-order valence-corrected chi connectivity index (χ0v) is 8.93. The van der Waals surface area contributed by atoms with Gasteiger partial charge in [0.05, 0.1) is 6.54 Å². The summed E-state index contributed by atoms with van der Waals surface area (Å²) in [7, 11) is 0. The van der Waals surface area contributed by atoms with Crippen molar-refractivity contribution in [1.82, 2.24) is 15.3 Å². The van der Waals surface area contributed by atoms with E-state index in [1.165, 1.54) is 5.56 Å². The van der Waals surface area contributed by atoms with Gasteiger partial charge in [0.2, 0.25) is 0 Å². The van der Waals surface area contributed by atoms with Crippen molar-refractivity contribution in [3.63, 3.8) is 0 Å². The number of rotatable bonds is 4. The molecule has 3 N–H and O–H groups in total. The number of nitrogens with one attached hydrogen (secondary N) is 1. The Hall–Kier alpha value is -1.94. The van der Waals surface area contributed by atoms with Crippen LogP contribution < -0.4 is 11.1 Å². The molecule has 4 nitrogen and oxygen atoms in total. The molecule has 0 aliphatic heterocycles. The van der Waals surface area contributed by atoms with Crippen LogP contribution in [-0.2, 0) is 13.1 Å². The van der Waals surface area contributed by atoms with Crippen molar-refractivity contribution in [2.45, 2.75) is 13.1 Å². The normalized spacial score (nSPS) is 10.2. The van der Waals surface area contributed by atoms with Gasteiger partial charge in [0.25, 0.3) is 0 Å². The first-order valence-electron chi connectivity index (χ1n) is 5.16. The molecule has 82 valence electrons. The quantitative estimate of drug-likeness (QED) is 0.806. The zero-order chi connectivity index (χ0) is 11.2. The summed E-state index contributed by atoms with van der Waals surface area (Å²) in [6, 6.07) is 11.9. The number of aromatic nitrogens is 2. The van der Waals surface area contributed by atoms with Gasteiger partial charge in [-0.15, -0.1) is 0 Å².